The second-order valence-corrected chi connectivity index (χ2v) is 14.4. The molecule has 7 rings (SSSR count). The minimum Gasteiger partial charge on any atom is -0.462 e. The van der Waals surface area contributed by atoms with E-state index in [-0.39, 0.29) is 71.2 Å². The molecule has 3 saturated carbocycles. The van der Waals surface area contributed by atoms with Crippen molar-refractivity contribution in [2.45, 2.75) is 121 Å². The Hall–Kier alpha value is -1.32. The standard InChI is InChI=1S/C30H42O8/c1-14(19-13-27(4)29(6,38-27)25(33)36-19)22-18(35-15(2)31)12-17-21-16(9-11-26(17,22)3)28(5)20(32)8-7-10-30(28,34)24-23(21)37-24/h7-8,14,16-19,21-25,33-34H,9-13H2,1-6H3/t14-,16+,17+,18-,19-,21-,22+,23+,24+,25-,26+,27+,28+,29-,30+/m1/s1. The van der Waals surface area contributed by atoms with Gasteiger partial charge in [0.1, 0.15) is 29.0 Å². The molecule has 6 fully saturated rings. The zero-order valence-electron chi connectivity index (χ0n) is 23.3. The molecule has 7 aliphatic rings. The van der Waals surface area contributed by atoms with Gasteiger partial charge in [0.05, 0.1) is 17.6 Å². The Balaban J connectivity index is 1.24. The number of esters is 1. The van der Waals surface area contributed by atoms with E-state index in [0.717, 1.165) is 12.8 Å². The molecule has 3 heterocycles. The van der Waals surface area contributed by atoms with Gasteiger partial charge in [-0.2, -0.15) is 0 Å². The quantitative estimate of drug-likeness (QED) is 0.423. The number of hydrogen-bond acceptors (Lipinski definition) is 8. The molecule has 0 radical (unpaired) electrons. The van der Waals surface area contributed by atoms with Crippen molar-refractivity contribution in [3.05, 3.63) is 12.2 Å². The number of carbonyl (C=O) groups excluding carboxylic acids is 2. The summed E-state index contributed by atoms with van der Waals surface area (Å²) in [5.41, 5.74) is -3.32. The van der Waals surface area contributed by atoms with Crippen molar-refractivity contribution < 1.29 is 38.7 Å². The summed E-state index contributed by atoms with van der Waals surface area (Å²) in [6, 6.07) is 0. The maximum absolute atomic E-state index is 13.4. The predicted molar refractivity (Wildman–Crippen MR) is 135 cm³/mol. The van der Waals surface area contributed by atoms with Crippen LogP contribution in [0.4, 0.5) is 0 Å². The first-order valence-electron chi connectivity index (χ1n) is 14.5. The van der Waals surface area contributed by atoms with E-state index in [0.29, 0.717) is 19.3 Å². The van der Waals surface area contributed by atoms with Crippen LogP contribution < -0.4 is 0 Å². The van der Waals surface area contributed by atoms with Gasteiger partial charge >= 0.3 is 5.97 Å². The Kier molecular flexibility index (Phi) is 5.05. The molecule has 0 aromatic carbocycles. The SMILES string of the molecule is CC(=O)O[C@@H]1C[C@H]2[C@@H]3[C@@H]4O[C@@H]4[C@@]4(O)CC=CC(=O)[C@]4(C)[C@H]3CC[C@]2(C)[C@H]1[C@H](C)[C@H]1C[C@]2(C)O[C@]2(C)[C@H](O)O1. The molecule has 0 aromatic heterocycles. The monoisotopic (exact) mass is 530 g/mol. The molecule has 2 N–H and O–H groups in total. The number of fused-ring (bicyclic) bond motifs is 9. The normalized spacial score (nSPS) is 60.5. The van der Waals surface area contributed by atoms with E-state index >= 15 is 0 Å². The third kappa shape index (κ3) is 2.89. The highest BCUT2D eigenvalue weighted by atomic mass is 16.7. The topological polar surface area (TPSA) is 118 Å². The number of ether oxygens (including phenoxy) is 4. The van der Waals surface area contributed by atoms with E-state index in [2.05, 4.69) is 13.8 Å². The fourth-order valence-electron chi connectivity index (χ4n) is 10.6. The molecule has 38 heavy (non-hydrogen) atoms. The van der Waals surface area contributed by atoms with Crippen molar-refractivity contribution in [3.63, 3.8) is 0 Å². The van der Waals surface area contributed by atoms with Crippen LogP contribution in [-0.4, -0.2) is 69.5 Å². The van der Waals surface area contributed by atoms with Gasteiger partial charge in [-0.3, -0.25) is 9.59 Å². The van der Waals surface area contributed by atoms with Crippen LogP contribution in [0.1, 0.15) is 73.6 Å². The molecule has 0 spiro atoms. The van der Waals surface area contributed by atoms with Gasteiger partial charge in [-0.25, -0.2) is 0 Å². The number of allylic oxidation sites excluding steroid dienone is 1. The first-order chi connectivity index (χ1) is 17.7. The Labute approximate surface area is 224 Å². The molecule has 8 nitrogen and oxygen atoms in total. The average Bonchev–Trinajstić information content (AvgIpc) is 3.70. The van der Waals surface area contributed by atoms with Crippen LogP contribution >= 0.6 is 0 Å². The molecule has 15 atom stereocenters. The highest BCUT2D eigenvalue weighted by Crippen LogP contribution is 2.72. The first-order valence-corrected chi connectivity index (χ1v) is 14.5. The number of ketones is 1. The van der Waals surface area contributed by atoms with E-state index < -0.39 is 28.5 Å². The maximum atomic E-state index is 13.4. The summed E-state index contributed by atoms with van der Waals surface area (Å²) in [7, 11) is 0. The molecule has 0 aromatic rings. The molecule has 210 valence electrons. The molecular formula is C30H42O8. The summed E-state index contributed by atoms with van der Waals surface area (Å²) in [5, 5.41) is 22.6. The fraction of sp³-hybridized carbons (Fsp3) is 0.867. The Morgan fingerprint density at radius 2 is 1.92 bits per heavy atom. The third-order valence-corrected chi connectivity index (χ3v) is 12.9. The average molecular weight is 531 g/mol. The first kappa shape index (κ1) is 25.6. The largest absolute Gasteiger partial charge is 0.462 e. The minimum atomic E-state index is -1.17. The lowest BCUT2D eigenvalue weighted by molar-refractivity contribution is -0.210. The van der Waals surface area contributed by atoms with Gasteiger partial charge in [0, 0.05) is 19.3 Å². The maximum Gasteiger partial charge on any atom is 0.302 e. The third-order valence-electron chi connectivity index (χ3n) is 12.9. The lowest BCUT2D eigenvalue weighted by Crippen LogP contribution is -2.67. The van der Waals surface area contributed by atoms with E-state index in [1.807, 2.05) is 20.8 Å². The molecule has 8 heteroatoms. The van der Waals surface area contributed by atoms with Crippen molar-refractivity contribution in [2.24, 2.45) is 40.4 Å². The number of rotatable bonds is 3. The molecular weight excluding hydrogens is 488 g/mol. The number of hydrogen-bond donors (Lipinski definition) is 2. The van der Waals surface area contributed by atoms with Gasteiger partial charge in [-0.15, -0.1) is 0 Å². The Morgan fingerprint density at radius 3 is 2.61 bits per heavy atom. The van der Waals surface area contributed by atoms with Gasteiger partial charge in [-0.05, 0) is 81.6 Å². The Bertz CT molecular complexity index is 1120. The van der Waals surface area contributed by atoms with Crippen molar-refractivity contribution in [1.29, 1.82) is 0 Å². The van der Waals surface area contributed by atoms with Gasteiger partial charge in [0.2, 0.25) is 0 Å². The number of aliphatic hydroxyl groups is 2. The van der Waals surface area contributed by atoms with Gasteiger partial charge in [0.25, 0.3) is 0 Å². The van der Waals surface area contributed by atoms with E-state index in [9.17, 15) is 19.8 Å². The minimum absolute atomic E-state index is 0.00331. The molecule has 0 unspecified atom stereocenters. The van der Waals surface area contributed by atoms with Crippen molar-refractivity contribution in [3.8, 4) is 0 Å². The number of epoxide rings is 2. The summed E-state index contributed by atoms with van der Waals surface area (Å²) in [6.45, 7) is 11.8. The summed E-state index contributed by atoms with van der Waals surface area (Å²) in [4.78, 5) is 25.7. The second-order valence-electron chi connectivity index (χ2n) is 14.4. The summed E-state index contributed by atoms with van der Waals surface area (Å²) < 4.78 is 24.5. The van der Waals surface area contributed by atoms with E-state index in [4.69, 9.17) is 18.9 Å². The molecule has 3 aliphatic heterocycles. The van der Waals surface area contributed by atoms with Crippen LogP contribution in [0.25, 0.3) is 0 Å². The van der Waals surface area contributed by atoms with Gasteiger partial charge < -0.3 is 29.2 Å². The summed E-state index contributed by atoms with van der Waals surface area (Å²) in [5.74, 6) is 0.0414. The summed E-state index contributed by atoms with van der Waals surface area (Å²) in [6.07, 6.45) is 5.03. The summed E-state index contributed by atoms with van der Waals surface area (Å²) >= 11 is 0. The fourth-order valence-corrected chi connectivity index (χ4v) is 10.6. The smallest absolute Gasteiger partial charge is 0.302 e. The molecule has 3 saturated heterocycles. The number of aliphatic hydroxyl groups excluding tert-OH is 1. The van der Waals surface area contributed by atoms with Crippen LogP contribution in [0.2, 0.25) is 0 Å². The highest BCUT2D eigenvalue weighted by Gasteiger charge is 2.79. The van der Waals surface area contributed by atoms with Crippen molar-refractivity contribution in [2.75, 3.05) is 0 Å². The van der Waals surface area contributed by atoms with Crippen LogP contribution in [0.5, 0.6) is 0 Å². The number of carbonyl (C=O) groups is 2. The molecule has 0 amide bonds. The van der Waals surface area contributed by atoms with Gasteiger partial charge in [0.15, 0.2) is 12.1 Å². The van der Waals surface area contributed by atoms with Crippen LogP contribution in [-0.2, 0) is 28.5 Å². The lowest BCUT2D eigenvalue weighted by Gasteiger charge is -2.60. The zero-order valence-corrected chi connectivity index (χ0v) is 23.3. The van der Waals surface area contributed by atoms with Gasteiger partial charge in [-0.1, -0.05) is 19.9 Å². The van der Waals surface area contributed by atoms with Crippen LogP contribution in [0, 0.1) is 40.4 Å². The van der Waals surface area contributed by atoms with Crippen molar-refractivity contribution >= 4 is 11.8 Å². The second kappa shape index (κ2) is 7.49. The van der Waals surface area contributed by atoms with E-state index in [1.165, 1.54) is 6.92 Å². The van der Waals surface area contributed by atoms with Crippen molar-refractivity contribution in [1.82, 2.24) is 0 Å². The lowest BCUT2D eigenvalue weighted by atomic mass is 9.43. The zero-order chi connectivity index (χ0) is 27.2. The highest BCUT2D eigenvalue weighted by molar-refractivity contribution is 5.97. The molecule has 4 aliphatic carbocycles. The Morgan fingerprint density at radius 1 is 1.18 bits per heavy atom. The molecule has 0 bridgehead atoms. The predicted octanol–water partition coefficient (Wildman–Crippen LogP) is 2.93. The van der Waals surface area contributed by atoms with Crippen LogP contribution in [0.3, 0.4) is 0 Å². The van der Waals surface area contributed by atoms with E-state index in [1.54, 1.807) is 12.2 Å². The van der Waals surface area contributed by atoms with Crippen LogP contribution in [0.15, 0.2) is 12.2 Å².